The molecule has 0 aromatic heterocycles. The molecule has 0 saturated heterocycles. The molecule has 0 atom stereocenters. The van der Waals surface area contributed by atoms with E-state index in [2.05, 4.69) is 10.6 Å². The molecule has 2 N–H and O–H groups in total. The number of halogens is 1. The van der Waals surface area contributed by atoms with E-state index in [4.69, 9.17) is 16.3 Å². The number of amides is 2. The SMILES string of the molecule is O=C(COc1ccc(C(=O)Nc2ccc(Cl)cc2)cc1)NC1CCCCC1. The first-order valence-corrected chi connectivity index (χ1v) is 9.57. The lowest BCUT2D eigenvalue weighted by Gasteiger charge is -2.22. The molecule has 3 rings (SSSR count). The van der Waals surface area contributed by atoms with Crippen molar-refractivity contribution in [2.75, 3.05) is 11.9 Å². The average molecular weight is 387 g/mol. The van der Waals surface area contributed by atoms with Gasteiger partial charge in [-0.3, -0.25) is 9.59 Å². The molecular formula is C21H23ClN2O3. The standard InChI is InChI=1S/C21H23ClN2O3/c22-16-8-10-18(11-9-16)24-21(26)15-6-12-19(13-7-15)27-14-20(25)23-17-4-2-1-3-5-17/h6-13,17H,1-5,14H2,(H,23,25)(H,24,26). The zero-order chi connectivity index (χ0) is 19.1. The van der Waals surface area contributed by atoms with E-state index in [1.807, 2.05) is 0 Å². The van der Waals surface area contributed by atoms with Crippen molar-refractivity contribution in [1.82, 2.24) is 5.32 Å². The highest BCUT2D eigenvalue weighted by Crippen LogP contribution is 2.18. The van der Waals surface area contributed by atoms with Crippen molar-refractivity contribution in [2.45, 2.75) is 38.1 Å². The van der Waals surface area contributed by atoms with Crippen molar-refractivity contribution < 1.29 is 14.3 Å². The molecule has 0 radical (unpaired) electrons. The number of ether oxygens (including phenoxy) is 1. The summed E-state index contributed by atoms with van der Waals surface area (Å²) in [5.41, 5.74) is 1.17. The number of carbonyl (C=O) groups is 2. The highest BCUT2D eigenvalue weighted by Gasteiger charge is 2.15. The first-order valence-electron chi connectivity index (χ1n) is 9.19. The molecule has 0 heterocycles. The molecule has 2 aromatic rings. The van der Waals surface area contributed by atoms with Crippen molar-refractivity contribution in [3.05, 3.63) is 59.1 Å². The molecule has 2 aromatic carbocycles. The Balaban J connectivity index is 1.47. The predicted octanol–water partition coefficient (Wildman–Crippen LogP) is 4.42. The lowest BCUT2D eigenvalue weighted by molar-refractivity contribution is -0.124. The summed E-state index contributed by atoms with van der Waals surface area (Å²) in [4.78, 5) is 24.2. The highest BCUT2D eigenvalue weighted by atomic mass is 35.5. The normalized spacial score (nSPS) is 14.4. The summed E-state index contributed by atoms with van der Waals surface area (Å²) in [7, 11) is 0. The van der Waals surface area contributed by atoms with Gasteiger partial charge in [0, 0.05) is 22.3 Å². The minimum atomic E-state index is -0.223. The smallest absolute Gasteiger partial charge is 0.258 e. The van der Waals surface area contributed by atoms with Crippen molar-refractivity contribution in [1.29, 1.82) is 0 Å². The summed E-state index contributed by atoms with van der Waals surface area (Å²) in [6, 6.07) is 13.9. The molecule has 0 spiro atoms. The van der Waals surface area contributed by atoms with E-state index in [0.717, 1.165) is 12.8 Å². The van der Waals surface area contributed by atoms with E-state index < -0.39 is 0 Å². The largest absolute Gasteiger partial charge is 0.484 e. The van der Waals surface area contributed by atoms with Crippen LogP contribution in [-0.2, 0) is 4.79 Å². The maximum Gasteiger partial charge on any atom is 0.258 e. The van der Waals surface area contributed by atoms with E-state index >= 15 is 0 Å². The van der Waals surface area contributed by atoms with Crippen LogP contribution in [0.15, 0.2) is 48.5 Å². The van der Waals surface area contributed by atoms with Gasteiger partial charge in [-0.05, 0) is 61.4 Å². The molecule has 1 aliphatic carbocycles. The Kier molecular flexibility index (Phi) is 6.71. The molecule has 1 fully saturated rings. The summed E-state index contributed by atoms with van der Waals surface area (Å²) in [6.07, 6.45) is 5.68. The van der Waals surface area contributed by atoms with E-state index in [-0.39, 0.29) is 24.5 Å². The van der Waals surface area contributed by atoms with E-state index in [9.17, 15) is 9.59 Å². The van der Waals surface area contributed by atoms with Crippen molar-refractivity contribution in [3.63, 3.8) is 0 Å². The third-order valence-corrected chi connectivity index (χ3v) is 4.81. The zero-order valence-electron chi connectivity index (χ0n) is 15.0. The lowest BCUT2D eigenvalue weighted by Crippen LogP contribution is -2.38. The summed E-state index contributed by atoms with van der Waals surface area (Å²) >= 11 is 5.83. The fraction of sp³-hybridized carbons (Fsp3) is 0.333. The second-order valence-electron chi connectivity index (χ2n) is 6.68. The quantitative estimate of drug-likeness (QED) is 0.772. The van der Waals surface area contributed by atoms with Crippen LogP contribution in [0.4, 0.5) is 5.69 Å². The third-order valence-electron chi connectivity index (χ3n) is 4.56. The van der Waals surface area contributed by atoms with Crippen LogP contribution in [0.5, 0.6) is 5.75 Å². The molecule has 0 bridgehead atoms. The van der Waals surface area contributed by atoms with E-state index in [0.29, 0.717) is 22.0 Å². The van der Waals surface area contributed by atoms with Gasteiger partial charge in [0.15, 0.2) is 6.61 Å². The molecule has 142 valence electrons. The van der Waals surface area contributed by atoms with Gasteiger partial charge in [-0.25, -0.2) is 0 Å². The Morgan fingerprint density at radius 1 is 0.963 bits per heavy atom. The van der Waals surface area contributed by atoms with Crippen molar-refractivity contribution in [2.24, 2.45) is 0 Å². The lowest BCUT2D eigenvalue weighted by atomic mass is 9.95. The Hall–Kier alpha value is -2.53. The van der Waals surface area contributed by atoms with Crippen LogP contribution in [0.3, 0.4) is 0 Å². The Bertz CT molecular complexity index is 769. The number of hydrogen-bond donors (Lipinski definition) is 2. The molecule has 0 unspecified atom stereocenters. The monoisotopic (exact) mass is 386 g/mol. The van der Waals surface area contributed by atoms with E-state index in [1.54, 1.807) is 48.5 Å². The number of nitrogens with one attached hydrogen (secondary N) is 2. The zero-order valence-corrected chi connectivity index (χ0v) is 15.8. The van der Waals surface area contributed by atoms with Crippen LogP contribution in [-0.4, -0.2) is 24.5 Å². The van der Waals surface area contributed by atoms with E-state index in [1.165, 1.54) is 19.3 Å². The Morgan fingerprint density at radius 2 is 1.63 bits per heavy atom. The number of carbonyl (C=O) groups excluding carboxylic acids is 2. The predicted molar refractivity (Wildman–Crippen MR) is 106 cm³/mol. The van der Waals surface area contributed by atoms with Crippen LogP contribution >= 0.6 is 11.6 Å². The summed E-state index contributed by atoms with van der Waals surface area (Å²) in [6.45, 7) is -0.0210. The van der Waals surface area contributed by atoms with Crippen LogP contribution in [0.25, 0.3) is 0 Å². The third kappa shape index (κ3) is 6.00. The maximum absolute atomic E-state index is 12.2. The fourth-order valence-corrected chi connectivity index (χ4v) is 3.23. The van der Waals surface area contributed by atoms with Gasteiger partial charge < -0.3 is 15.4 Å². The topological polar surface area (TPSA) is 67.4 Å². The van der Waals surface area contributed by atoms with Gasteiger partial charge in [0.1, 0.15) is 5.75 Å². The van der Waals surface area contributed by atoms with Gasteiger partial charge in [0.2, 0.25) is 0 Å². The molecule has 2 amide bonds. The fourth-order valence-electron chi connectivity index (χ4n) is 3.10. The molecule has 6 heteroatoms. The Labute approximate surface area is 164 Å². The number of benzene rings is 2. The van der Waals surface area contributed by atoms with Gasteiger partial charge >= 0.3 is 0 Å². The van der Waals surface area contributed by atoms with Crippen LogP contribution < -0.4 is 15.4 Å². The van der Waals surface area contributed by atoms with Gasteiger partial charge in [0.05, 0.1) is 0 Å². The number of rotatable bonds is 6. The number of hydrogen-bond acceptors (Lipinski definition) is 3. The van der Waals surface area contributed by atoms with Crippen molar-refractivity contribution in [3.8, 4) is 5.75 Å². The van der Waals surface area contributed by atoms with Gasteiger partial charge in [0.25, 0.3) is 11.8 Å². The van der Waals surface area contributed by atoms with Crippen molar-refractivity contribution >= 4 is 29.1 Å². The molecule has 0 aliphatic heterocycles. The summed E-state index contributed by atoms with van der Waals surface area (Å²) < 4.78 is 5.52. The minimum Gasteiger partial charge on any atom is -0.484 e. The summed E-state index contributed by atoms with van der Waals surface area (Å²) in [5, 5.41) is 6.42. The van der Waals surface area contributed by atoms with Gasteiger partial charge in [-0.1, -0.05) is 30.9 Å². The van der Waals surface area contributed by atoms with Gasteiger partial charge in [-0.15, -0.1) is 0 Å². The molecule has 1 aliphatic rings. The second-order valence-corrected chi connectivity index (χ2v) is 7.11. The average Bonchev–Trinajstić information content (AvgIpc) is 2.69. The minimum absolute atomic E-state index is 0.0210. The van der Waals surface area contributed by atoms with Crippen LogP contribution in [0.2, 0.25) is 5.02 Å². The highest BCUT2D eigenvalue weighted by molar-refractivity contribution is 6.30. The van der Waals surface area contributed by atoms with Crippen LogP contribution in [0, 0.1) is 0 Å². The second kappa shape index (κ2) is 9.42. The number of anilines is 1. The molecule has 5 nitrogen and oxygen atoms in total. The molecular weight excluding hydrogens is 364 g/mol. The first-order chi connectivity index (χ1) is 13.1. The molecule has 1 saturated carbocycles. The van der Waals surface area contributed by atoms with Gasteiger partial charge in [-0.2, -0.15) is 0 Å². The maximum atomic E-state index is 12.2. The van der Waals surface area contributed by atoms with Crippen LogP contribution in [0.1, 0.15) is 42.5 Å². The first kappa shape index (κ1) is 19.2. The Morgan fingerprint density at radius 3 is 2.30 bits per heavy atom. The molecule has 27 heavy (non-hydrogen) atoms. The summed E-state index contributed by atoms with van der Waals surface area (Å²) in [5.74, 6) is 0.224.